The number of carbonyl (C=O) groups is 1. The summed E-state index contributed by atoms with van der Waals surface area (Å²) < 4.78 is 3.09. The Hall–Kier alpha value is -2.04. The number of carbonyl (C=O) groups excluding carboxylic acids is 1. The first kappa shape index (κ1) is 15.4. The molecule has 1 N–H and O–H groups in total. The van der Waals surface area contributed by atoms with Crippen LogP contribution in [0.15, 0.2) is 29.1 Å². The van der Waals surface area contributed by atoms with E-state index in [1.54, 1.807) is 11.6 Å². The van der Waals surface area contributed by atoms with Gasteiger partial charge < -0.3 is 5.32 Å². The third kappa shape index (κ3) is 3.01. The molecule has 0 aliphatic heterocycles. The minimum atomic E-state index is -0.164. The van der Waals surface area contributed by atoms with E-state index in [0.717, 1.165) is 17.5 Å². The molecule has 1 aromatic heterocycles. The fourth-order valence-corrected chi connectivity index (χ4v) is 2.45. The second-order valence-corrected chi connectivity index (χ2v) is 5.66. The maximum atomic E-state index is 12.2. The summed E-state index contributed by atoms with van der Waals surface area (Å²) in [7, 11) is 1.72. The van der Waals surface area contributed by atoms with Crippen molar-refractivity contribution in [2.24, 2.45) is 13.0 Å². The standard InChI is InChI=1S/C16H23N3O2/c1-5-11(2)12(3)17-15(20)10-19-14-9-7-6-8-13(14)18(4)16(19)21/h6-9,11-12H,5,10H2,1-4H3,(H,17,20). The van der Waals surface area contributed by atoms with E-state index in [-0.39, 0.29) is 24.2 Å². The number of aromatic nitrogens is 2. The van der Waals surface area contributed by atoms with Gasteiger partial charge in [-0.2, -0.15) is 0 Å². The van der Waals surface area contributed by atoms with E-state index < -0.39 is 0 Å². The summed E-state index contributed by atoms with van der Waals surface area (Å²) in [5.41, 5.74) is 1.46. The maximum Gasteiger partial charge on any atom is 0.329 e. The van der Waals surface area contributed by atoms with Crippen LogP contribution in [0.2, 0.25) is 0 Å². The summed E-state index contributed by atoms with van der Waals surface area (Å²) in [4.78, 5) is 24.4. The Morgan fingerprint density at radius 3 is 2.48 bits per heavy atom. The van der Waals surface area contributed by atoms with Crippen molar-refractivity contribution in [3.05, 3.63) is 34.7 Å². The van der Waals surface area contributed by atoms with Crippen molar-refractivity contribution >= 4 is 16.9 Å². The molecule has 0 saturated heterocycles. The number of nitrogens with one attached hydrogen (secondary N) is 1. The molecule has 114 valence electrons. The first-order chi connectivity index (χ1) is 9.95. The van der Waals surface area contributed by atoms with Crippen molar-refractivity contribution in [3.8, 4) is 0 Å². The van der Waals surface area contributed by atoms with Crippen molar-refractivity contribution < 1.29 is 4.79 Å². The van der Waals surface area contributed by atoms with Crippen LogP contribution in [-0.4, -0.2) is 21.1 Å². The molecule has 2 aromatic rings. The van der Waals surface area contributed by atoms with Gasteiger partial charge in [0.05, 0.1) is 11.0 Å². The molecule has 0 radical (unpaired) electrons. The number of aryl methyl sites for hydroxylation is 1. The number of amides is 1. The molecule has 0 saturated carbocycles. The van der Waals surface area contributed by atoms with Crippen molar-refractivity contribution in [2.45, 2.75) is 39.8 Å². The number of hydrogen-bond donors (Lipinski definition) is 1. The average molecular weight is 289 g/mol. The average Bonchev–Trinajstić information content (AvgIpc) is 2.72. The molecule has 2 rings (SSSR count). The first-order valence-corrected chi connectivity index (χ1v) is 7.39. The molecule has 0 bridgehead atoms. The highest BCUT2D eigenvalue weighted by Crippen LogP contribution is 2.11. The second kappa shape index (κ2) is 6.16. The molecule has 5 heteroatoms. The lowest BCUT2D eigenvalue weighted by atomic mass is 10.0. The minimum Gasteiger partial charge on any atom is -0.352 e. The molecule has 2 atom stereocenters. The fraction of sp³-hybridized carbons (Fsp3) is 0.500. The van der Waals surface area contributed by atoms with Gasteiger partial charge in [0.2, 0.25) is 5.91 Å². The van der Waals surface area contributed by atoms with Gasteiger partial charge in [0.25, 0.3) is 0 Å². The molecule has 0 fully saturated rings. The summed E-state index contributed by atoms with van der Waals surface area (Å²) in [6, 6.07) is 7.61. The molecule has 1 heterocycles. The zero-order valence-corrected chi connectivity index (χ0v) is 13.1. The number of fused-ring (bicyclic) bond motifs is 1. The quantitative estimate of drug-likeness (QED) is 0.914. The molecule has 5 nitrogen and oxygen atoms in total. The van der Waals surface area contributed by atoms with Crippen LogP contribution in [0.4, 0.5) is 0 Å². The number of rotatable bonds is 5. The Balaban J connectivity index is 2.22. The van der Waals surface area contributed by atoms with Gasteiger partial charge in [-0.3, -0.25) is 13.9 Å². The molecule has 2 unspecified atom stereocenters. The van der Waals surface area contributed by atoms with Gasteiger partial charge in [-0.05, 0) is 25.0 Å². The lowest BCUT2D eigenvalue weighted by Gasteiger charge is -2.19. The van der Waals surface area contributed by atoms with E-state index in [4.69, 9.17) is 0 Å². The smallest absolute Gasteiger partial charge is 0.329 e. The van der Waals surface area contributed by atoms with Gasteiger partial charge in [0.1, 0.15) is 6.54 Å². The molecule has 0 aliphatic rings. The third-order valence-electron chi connectivity index (χ3n) is 4.24. The van der Waals surface area contributed by atoms with Crippen molar-refractivity contribution in [1.29, 1.82) is 0 Å². The molecule has 1 aromatic carbocycles. The Labute approximate surface area is 124 Å². The Bertz CT molecular complexity index is 699. The van der Waals surface area contributed by atoms with Crippen LogP contribution in [0.5, 0.6) is 0 Å². The Kier molecular flexibility index (Phi) is 4.50. The number of hydrogen-bond acceptors (Lipinski definition) is 2. The van der Waals surface area contributed by atoms with Crippen molar-refractivity contribution in [1.82, 2.24) is 14.5 Å². The zero-order valence-electron chi connectivity index (χ0n) is 13.1. The number of benzene rings is 1. The van der Waals surface area contributed by atoms with Gasteiger partial charge in [-0.1, -0.05) is 32.4 Å². The van der Waals surface area contributed by atoms with Gasteiger partial charge in [-0.25, -0.2) is 4.79 Å². The van der Waals surface area contributed by atoms with Crippen LogP contribution < -0.4 is 11.0 Å². The highest BCUT2D eigenvalue weighted by Gasteiger charge is 2.16. The summed E-state index contributed by atoms with van der Waals surface area (Å²) in [6.45, 7) is 6.26. The Morgan fingerprint density at radius 1 is 1.24 bits per heavy atom. The Morgan fingerprint density at radius 2 is 1.86 bits per heavy atom. The normalized spacial score (nSPS) is 14.1. The van der Waals surface area contributed by atoms with E-state index in [2.05, 4.69) is 19.2 Å². The lowest BCUT2D eigenvalue weighted by Crippen LogP contribution is -2.40. The molecule has 21 heavy (non-hydrogen) atoms. The van der Waals surface area contributed by atoms with Gasteiger partial charge in [0.15, 0.2) is 0 Å². The molecular formula is C16H23N3O2. The fourth-order valence-electron chi connectivity index (χ4n) is 2.45. The van der Waals surface area contributed by atoms with Gasteiger partial charge in [0, 0.05) is 13.1 Å². The van der Waals surface area contributed by atoms with Crippen molar-refractivity contribution in [3.63, 3.8) is 0 Å². The number of imidazole rings is 1. The third-order valence-corrected chi connectivity index (χ3v) is 4.24. The maximum absolute atomic E-state index is 12.2. The van der Waals surface area contributed by atoms with E-state index in [1.807, 2.05) is 31.2 Å². The van der Waals surface area contributed by atoms with Crippen LogP contribution >= 0.6 is 0 Å². The summed E-state index contributed by atoms with van der Waals surface area (Å²) in [6.07, 6.45) is 1.01. The van der Waals surface area contributed by atoms with E-state index in [0.29, 0.717) is 5.92 Å². The van der Waals surface area contributed by atoms with Gasteiger partial charge in [-0.15, -0.1) is 0 Å². The summed E-state index contributed by atoms with van der Waals surface area (Å²) in [5, 5.41) is 2.97. The zero-order chi connectivity index (χ0) is 15.6. The predicted octanol–water partition coefficient (Wildman–Crippen LogP) is 1.89. The van der Waals surface area contributed by atoms with Gasteiger partial charge >= 0.3 is 5.69 Å². The van der Waals surface area contributed by atoms with Crippen LogP contribution in [0.1, 0.15) is 27.2 Å². The largest absolute Gasteiger partial charge is 0.352 e. The molecule has 0 spiro atoms. The highest BCUT2D eigenvalue weighted by atomic mass is 16.2. The molecule has 1 amide bonds. The van der Waals surface area contributed by atoms with E-state index in [1.165, 1.54) is 4.57 Å². The van der Waals surface area contributed by atoms with Crippen molar-refractivity contribution in [2.75, 3.05) is 0 Å². The van der Waals surface area contributed by atoms with E-state index >= 15 is 0 Å². The minimum absolute atomic E-state index is 0.0565. The van der Waals surface area contributed by atoms with E-state index in [9.17, 15) is 9.59 Å². The van der Waals surface area contributed by atoms with Crippen LogP contribution in [0, 0.1) is 5.92 Å². The molecule has 0 aliphatic carbocycles. The van der Waals surface area contributed by atoms with Crippen LogP contribution in [0.25, 0.3) is 11.0 Å². The first-order valence-electron chi connectivity index (χ1n) is 7.39. The van der Waals surface area contributed by atoms with Crippen LogP contribution in [-0.2, 0) is 18.4 Å². The van der Waals surface area contributed by atoms with Crippen LogP contribution in [0.3, 0.4) is 0 Å². The second-order valence-electron chi connectivity index (χ2n) is 5.66. The highest BCUT2D eigenvalue weighted by molar-refractivity contribution is 5.81. The SMILES string of the molecule is CCC(C)C(C)NC(=O)Cn1c(=O)n(C)c2ccccc21. The number of para-hydroxylation sites is 2. The summed E-state index contributed by atoms with van der Waals surface area (Å²) >= 11 is 0. The topological polar surface area (TPSA) is 56.0 Å². The summed E-state index contributed by atoms with van der Waals surface area (Å²) in [5.74, 6) is 0.291. The number of nitrogens with zero attached hydrogens (tertiary/aromatic N) is 2. The lowest BCUT2D eigenvalue weighted by molar-refractivity contribution is -0.122. The predicted molar refractivity (Wildman–Crippen MR) is 84.2 cm³/mol. The monoisotopic (exact) mass is 289 g/mol. The molecular weight excluding hydrogens is 266 g/mol.